The molecular formula is C9H13N5O2. The molecular weight excluding hydrogens is 210 g/mol. The molecule has 0 saturated heterocycles. The van der Waals surface area contributed by atoms with Gasteiger partial charge in [0.2, 0.25) is 5.91 Å². The molecule has 0 unspecified atom stereocenters. The average Bonchev–Trinajstić information content (AvgIpc) is 2.72. The lowest BCUT2D eigenvalue weighted by Gasteiger charge is -2.03. The van der Waals surface area contributed by atoms with E-state index >= 15 is 0 Å². The third kappa shape index (κ3) is 4.06. The van der Waals surface area contributed by atoms with Crippen molar-refractivity contribution in [2.24, 2.45) is 0 Å². The second-order valence-electron chi connectivity index (χ2n) is 3.07. The maximum atomic E-state index is 11.3. The molecule has 1 aromatic heterocycles. The number of ether oxygens (including phenoxy) is 1. The van der Waals surface area contributed by atoms with Crippen LogP contribution in [0.1, 0.15) is 12.2 Å². The zero-order valence-electron chi connectivity index (χ0n) is 9.01. The van der Waals surface area contributed by atoms with Crippen molar-refractivity contribution in [2.75, 3.05) is 20.3 Å². The Bertz CT molecular complexity index is 381. The zero-order chi connectivity index (χ0) is 11.8. The molecule has 1 heterocycles. The van der Waals surface area contributed by atoms with Gasteiger partial charge in [0.1, 0.15) is 18.9 Å². The summed E-state index contributed by atoms with van der Waals surface area (Å²) in [5.41, 5.74) is 0. The predicted molar refractivity (Wildman–Crippen MR) is 54.2 cm³/mol. The Balaban J connectivity index is 2.26. The predicted octanol–water partition coefficient (Wildman–Crippen LogP) is -0.698. The fourth-order valence-corrected chi connectivity index (χ4v) is 1.07. The van der Waals surface area contributed by atoms with E-state index in [4.69, 9.17) is 10.00 Å². The normalized spacial score (nSPS) is 9.75. The molecule has 0 radical (unpaired) electrons. The Morgan fingerprint density at radius 3 is 3.19 bits per heavy atom. The van der Waals surface area contributed by atoms with Crippen molar-refractivity contribution in [3.05, 3.63) is 12.2 Å². The van der Waals surface area contributed by atoms with E-state index in [0.29, 0.717) is 13.2 Å². The van der Waals surface area contributed by atoms with Crippen molar-refractivity contribution >= 4 is 5.91 Å². The minimum absolute atomic E-state index is 0.0622. The lowest BCUT2D eigenvalue weighted by molar-refractivity contribution is -0.121. The topological polar surface area (TPSA) is 92.8 Å². The summed E-state index contributed by atoms with van der Waals surface area (Å²) in [6, 6.07) is 1.79. The number of nitriles is 1. The number of hydrogen-bond acceptors (Lipinski definition) is 5. The highest BCUT2D eigenvalue weighted by Crippen LogP contribution is 1.87. The molecule has 0 saturated carbocycles. The summed E-state index contributed by atoms with van der Waals surface area (Å²) in [5, 5.41) is 15.0. The van der Waals surface area contributed by atoms with Gasteiger partial charge >= 0.3 is 0 Å². The van der Waals surface area contributed by atoms with Gasteiger partial charge in [0.05, 0.1) is 0 Å². The Hall–Kier alpha value is -1.94. The standard InChI is InChI=1S/C9H13N5O2/c1-16-4-2-3-11-9(15)6-14-7-12-8(5-10)13-14/h7H,2-4,6H2,1H3,(H,11,15). The molecule has 1 N–H and O–H groups in total. The molecule has 0 bridgehead atoms. The first kappa shape index (κ1) is 12.1. The van der Waals surface area contributed by atoms with Crippen molar-refractivity contribution in [3.63, 3.8) is 0 Å². The van der Waals surface area contributed by atoms with Gasteiger partial charge in [0.25, 0.3) is 5.82 Å². The lowest BCUT2D eigenvalue weighted by atomic mass is 10.4. The van der Waals surface area contributed by atoms with Crippen LogP contribution in [0.15, 0.2) is 6.33 Å². The van der Waals surface area contributed by atoms with E-state index in [1.54, 1.807) is 13.2 Å². The van der Waals surface area contributed by atoms with Gasteiger partial charge in [-0.25, -0.2) is 9.67 Å². The molecule has 0 aliphatic heterocycles. The Labute approximate surface area is 93.0 Å². The Kier molecular flexibility index (Phi) is 4.95. The summed E-state index contributed by atoms with van der Waals surface area (Å²) in [5.74, 6) is -0.0994. The summed E-state index contributed by atoms with van der Waals surface area (Å²) < 4.78 is 6.17. The lowest BCUT2D eigenvalue weighted by Crippen LogP contribution is -2.29. The molecule has 1 amide bonds. The summed E-state index contributed by atoms with van der Waals surface area (Å²) in [4.78, 5) is 15.0. The van der Waals surface area contributed by atoms with E-state index in [1.165, 1.54) is 11.0 Å². The van der Waals surface area contributed by atoms with Gasteiger partial charge in [-0.2, -0.15) is 5.26 Å². The molecule has 0 aliphatic carbocycles. The van der Waals surface area contributed by atoms with Crippen molar-refractivity contribution in [1.82, 2.24) is 20.1 Å². The second kappa shape index (κ2) is 6.53. The van der Waals surface area contributed by atoms with Crippen molar-refractivity contribution < 1.29 is 9.53 Å². The quantitative estimate of drug-likeness (QED) is 0.644. The molecule has 1 rings (SSSR count). The molecule has 0 fully saturated rings. The first-order valence-corrected chi connectivity index (χ1v) is 4.81. The third-order valence-corrected chi connectivity index (χ3v) is 1.79. The van der Waals surface area contributed by atoms with E-state index in [0.717, 1.165) is 6.42 Å². The van der Waals surface area contributed by atoms with Crippen LogP contribution in [-0.2, 0) is 16.1 Å². The van der Waals surface area contributed by atoms with Gasteiger partial charge in [0, 0.05) is 20.3 Å². The fourth-order valence-electron chi connectivity index (χ4n) is 1.07. The van der Waals surface area contributed by atoms with E-state index in [9.17, 15) is 4.79 Å². The van der Waals surface area contributed by atoms with Gasteiger partial charge in [-0.1, -0.05) is 0 Å². The maximum Gasteiger partial charge on any atom is 0.252 e. The average molecular weight is 223 g/mol. The van der Waals surface area contributed by atoms with Crippen LogP contribution >= 0.6 is 0 Å². The maximum absolute atomic E-state index is 11.3. The number of nitrogens with zero attached hydrogens (tertiary/aromatic N) is 4. The molecule has 7 nitrogen and oxygen atoms in total. The highest BCUT2D eigenvalue weighted by Gasteiger charge is 2.04. The van der Waals surface area contributed by atoms with E-state index in [1.807, 2.05) is 0 Å². The van der Waals surface area contributed by atoms with Crippen LogP contribution in [-0.4, -0.2) is 40.9 Å². The van der Waals surface area contributed by atoms with Gasteiger partial charge in [0.15, 0.2) is 0 Å². The minimum Gasteiger partial charge on any atom is -0.385 e. The van der Waals surface area contributed by atoms with Crippen LogP contribution in [0.5, 0.6) is 0 Å². The molecule has 0 spiro atoms. The molecule has 16 heavy (non-hydrogen) atoms. The molecule has 86 valence electrons. The van der Waals surface area contributed by atoms with E-state index in [2.05, 4.69) is 15.4 Å². The minimum atomic E-state index is -0.162. The zero-order valence-corrected chi connectivity index (χ0v) is 9.01. The summed E-state index contributed by atoms with van der Waals surface area (Å²) in [6.45, 7) is 1.25. The van der Waals surface area contributed by atoms with Crippen molar-refractivity contribution in [1.29, 1.82) is 5.26 Å². The fraction of sp³-hybridized carbons (Fsp3) is 0.556. The van der Waals surface area contributed by atoms with Gasteiger partial charge in [-0.15, -0.1) is 5.10 Å². The SMILES string of the molecule is COCCCNC(=O)Cn1cnc(C#N)n1. The smallest absolute Gasteiger partial charge is 0.252 e. The number of aromatic nitrogens is 3. The molecule has 0 aromatic carbocycles. The number of methoxy groups -OCH3 is 1. The van der Waals surface area contributed by atoms with Crippen LogP contribution in [0, 0.1) is 11.3 Å². The van der Waals surface area contributed by atoms with Gasteiger partial charge in [-0.3, -0.25) is 4.79 Å². The molecule has 0 aliphatic rings. The first-order chi connectivity index (χ1) is 7.76. The molecule has 7 heteroatoms. The van der Waals surface area contributed by atoms with Crippen LogP contribution < -0.4 is 5.32 Å². The summed E-state index contributed by atoms with van der Waals surface area (Å²) >= 11 is 0. The Morgan fingerprint density at radius 1 is 1.75 bits per heavy atom. The van der Waals surface area contributed by atoms with Crippen LogP contribution in [0.4, 0.5) is 0 Å². The summed E-state index contributed by atoms with van der Waals surface area (Å²) in [7, 11) is 1.61. The van der Waals surface area contributed by atoms with Crippen molar-refractivity contribution in [2.45, 2.75) is 13.0 Å². The van der Waals surface area contributed by atoms with Crippen molar-refractivity contribution in [3.8, 4) is 6.07 Å². The van der Waals surface area contributed by atoms with Crippen LogP contribution in [0.2, 0.25) is 0 Å². The number of nitrogens with one attached hydrogen (secondary N) is 1. The number of hydrogen-bond donors (Lipinski definition) is 1. The van der Waals surface area contributed by atoms with Crippen LogP contribution in [0.3, 0.4) is 0 Å². The largest absolute Gasteiger partial charge is 0.385 e. The monoisotopic (exact) mass is 223 g/mol. The number of rotatable bonds is 6. The van der Waals surface area contributed by atoms with Gasteiger partial charge < -0.3 is 10.1 Å². The number of carbonyl (C=O) groups excluding carboxylic acids is 1. The molecule has 1 aromatic rings. The number of amides is 1. The molecule has 0 atom stereocenters. The van der Waals surface area contributed by atoms with Crippen LogP contribution in [0.25, 0.3) is 0 Å². The highest BCUT2D eigenvalue weighted by molar-refractivity contribution is 5.75. The van der Waals surface area contributed by atoms with Gasteiger partial charge in [-0.05, 0) is 6.42 Å². The first-order valence-electron chi connectivity index (χ1n) is 4.81. The Morgan fingerprint density at radius 2 is 2.56 bits per heavy atom. The number of carbonyl (C=O) groups is 1. The summed E-state index contributed by atoms with van der Waals surface area (Å²) in [6.07, 6.45) is 2.12. The highest BCUT2D eigenvalue weighted by atomic mass is 16.5. The van der Waals surface area contributed by atoms with E-state index < -0.39 is 0 Å². The third-order valence-electron chi connectivity index (χ3n) is 1.79. The second-order valence-corrected chi connectivity index (χ2v) is 3.07. The van der Waals surface area contributed by atoms with E-state index in [-0.39, 0.29) is 18.3 Å².